The number of rotatable bonds is 7. The van der Waals surface area contributed by atoms with Crippen LogP contribution in [0, 0.1) is 47.3 Å². The molecule has 6 unspecified atom stereocenters. The lowest BCUT2D eigenvalue weighted by atomic mass is 9.71. The maximum Gasteiger partial charge on any atom is -0.0162 e. The van der Waals surface area contributed by atoms with E-state index in [1.54, 1.807) is 62.5 Å². The van der Waals surface area contributed by atoms with Gasteiger partial charge in [-0.3, -0.25) is 0 Å². The lowest BCUT2D eigenvalue weighted by Crippen LogP contribution is -2.23. The van der Waals surface area contributed by atoms with E-state index in [1.807, 2.05) is 0 Å². The molecule has 36 heavy (non-hydrogen) atoms. The molecule has 0 amide bonds. The van der Waals surface area contributed by atoms with Gasteiger partial charge in [-0.25, -0.2) is 0 Å². The molecule has 0 aliphatic heterocycles. The number of hydrogen-bond donors (Lipinski definition) is 0. The van der Waals surface area contributed by atoms with E-state index in [4.69, 9.17) is 6.58 Å². The first-order valence-corrected chi connectivity index (χ1v) is 16.5. The zero-order valence-corrected chi connectivity index (χ0v) is 23.2. The molecule has 0 heterocycles. The van der Waals surface area contributed by atoms with E-state index in [2.05, 4.69) is 30.3 Å². The van der Waals surface area contributed by atoms with E-state index in [0.717, 1.165) is 53.3 Å². The van der Waals surface area contributed by atoms with Crippen molar-refractivity contribution in [2.45, 2.75) is 128 Å². The van der Waals surface area contributed by atoms with Gasteiger partial charge in [-0.15, -0.1) is 0 Å². The minimum atomic E-state index is 0.790. The summed E-state index contributed by atoms with van der Waals surface area (Å²) in [4.78, 5) is 0. The van der Waals surface area contributed by atoms with Gasteiger partial charge in [0.2, 0.25) is 0 Å². The zero-order valence-electron chi connectivity index (χ0n) is 23.2. The molecule has 0 nitrogen and oxygen atoms in total. The van der Waals surface area contributed by atoms with Gasteiger partial charge in [0.05, 0.1) is 0 Å². The molecule has 5 saturated carbocycles. The van der Waals surface area contributed by atoms with Gasteiger partial charge in [0, 0.05) is 0 Å². The van der Waals surface area contributed by atoms with Crippen molar-refractivity contribution in [2.75, 3.05) is 0 Å². The molecule has 0 spiro atoms. The van der Waals surface area contributed by atoms with Crippen LogP contribution in [0.1, 0.15) is 133 Å². The molecule has 5 aliphatic rings. The summed E-state index contributed by atoms with van der Waals surface area (Å²) in [6.07, 6.45) is 28.6. The first kappa shape index (κ1) is 25.2. The topological polar surface area (TPSA) is 0 Å². The van der Waals surface area contributed by atoms with Crippen LogP contribution in [0.15, 0.2) is 42.5 Å². The lowest BCUT2D eigenvalue weighted by Gasteiger charge is -2.34. The third-order valence-electron chi connectivity index (χ3n) is 12.3. The van der Waals surface area contributed by atoms with E-state index < -0.39 is 0 Å². The first-order valence-electron chi connectivity index (χ1n) is 16.5. The Morgan fingerprint density at radius 2 is 1.42 bits per heavy atom. The van der Waals surface area contributed by atoms with Crippen molar-refractivity contribution >= 4 is 0 Å². The molecule has 5 fully saturated rings. The smallest absolute Gasteiger partial charge is 0.0162 e. The van der Waals surface area contributed by atoms with E-state index >= 15 is 0 Å². The highest BCUT2D eigenvalue weighted by Crippen LogP contribution is 2.55. The fourth-order valence-corrected chi connectivity index (χ4v) is 10.4. The van der Waals surface area contributed by atoms with Crippen LogP contribution in [-0.4, -0.2) is 0 Å². The highest BCUT2D eigenvalue weighted by molar-refractivity contribution is 5.20. The van der Waals surface area contributed by atoms with E-state index in [0.29, 0.717) is 0 Å². The molecule has 1 aromatic carbocycles. The predicted molar refractivity (Wildman–Crippen MR) is 154 cm³/mol. The Balaban J connectivity index is 0.981. The van der Waals surface area contributed by atoms with E-state index in [9.17, 15) is 0 Å². The summed E-state index contributed by atoms with van der Waals surface area (Å²) >= 11 is 0. The molecule has 6 atom stereocenters. The molecule has 198 valence electrons. The molecular weight excluding hydrogens is 432 g/mol. The molecule has 0 bridgehead atoms. The quantitative estimate of drug-likeness (QED) is 0.336. The minimum absolute atomic E-state index is 0.790. The second kappa shape index (κ2) is 11.8. The van der Waals surface area contributed by atoms with Crippen molar-refractivity contribution < 1.29 is 0 Å². The molecule has 0 radical (unpaired) electrons. The van der Waals surface area contributed by atoms with Crippen LogP contribution in [0.4, 0.5) is 0 Å². The van der Waals surface area contributed by atoms with Gasteiger partial charge in [-0.1, -0.05) is 87.4 Å². The Labute approximate surface area is 223 Å². The summed E-state index contributed by atoms with van der Waals surface area (Å²) < 4.78 is 0. The molecular formula is C36H54. The third-order valence-corrected chi connectivity index (χ3v) is 12.3. The van der Waals surface area contributed by atoms with Crippen LogP contribution < -0.4 is 0 Å². The Kier molecular flexibility index (Phi) is 8.26. The van der Waals surface area contributed by atoms with Gasteiger partial charge in [0.15, 0.2) is 0 Å². The van der Waals surface area contributed by atoms with Gasteiger partial charge in [-0.2, -0.15) is 0 Å². The average molecular weight is 487 g/mol. The highest BCUT2D eigenvalue weighted by atomic mass is 14.5. The van der Waals surface area contributed by atoms with Crippen molar-refractivity contribution in [3.63, 3.8) is 0 Å². The first-order chi connectivity index (χ1) is 17.7. The molecule has 0 saturated heterocycles. The third kappa shape index (κ3) is 5.83. The summed E-state index contributed by atoms with van der Waals surface area (Å²) in [7, 11) is 0. The number of allylic oxidation sites excluding steroid dienone is 1. The van der Waals surface area contributed by atoms with Crippen LogP contribution in [0.3, 0.4) is 0 Å². The number of fused-ring (bicyclic) bond motifs is 1. The van der Waals surface area contributed by atoms with E-state index in [1.165, 1.54) is 70.6 Å². The Morgan fingerprint density at radius 3 is 2.22 bits per heavy atom. The van der Waals surface area contributed by atoms with Crippen LogP contribution >= 0.6 is 0 Å². The molecule has 0 N–H and O–H groups in total. The van der Waals surface area contributed by atoms with Gasteiger partial charge >= 0.3 is 0 Å². The number of hydrogen-bond acceptors (Lipinski definition) is 0. The Hall–Kier alpha value is -1.04. The van der Waals surface area contributed by atoms with Crippen LogP contribution in [0.25, 0.3) is 0 Å². The summed E-state index contributed by atoms with van der Waals surface area (Å²) in [5.41, 5.74) is 3.21. The monoisotopic (exact) mass is 486 g/mol. The van der Waals surface area contributed by atoms with Gasteiger partial charge in [-0.05, 0) is 136 Å². The zero-order chi connectivity index (χ0) is 24.3. The van der Waals surface area contributed by atoms with E-state index in [-0.39, 0.29) is 0 Å². The fraction of sp³-hybridized carbons (Fsp3) is 0.778. The van der Waals surface area contributed by atoms with Crippen molar-refractivity contribution in [1.29, 1.82) is 0 Å². The average Bonchev–Trinajstić information content (AvgIpc) is 3.56. The van der Waals surface area contributed by atoms with Crippen molar-refractivity contribution in [3.05, 3.63) is 48.0 Å². The van der Waals surface area contributed by atoms with Crippen LogP contribution in [0.5, 0.6) is 0 Å². The Morgan fingerprint density at radius 1 is 0.639 bits per heavy atom. The van der Waals surface area contributed by atoms with Crippen molar-refractivity contribution in [3.8, 4) is 0 Å². The summed E-state index contributed by atoms with van der Waals surface area (Å²) in [6.45, 7) is 4.74. The van der Waals surface area contributed by atoms with Gasteiger partial charge in [0.1, 0.15) is 0 Å². The lowest BCUT2D eigenvalue weighted by molar-refractivity contribution is 0.169. The maximum absolute atomic E-state index is 4.74. The second-order valence-electron chi connectivity index (χ2n) is 14.3. The SMILES string of the molecule is C=C(CC1CCCC1C1CC2CCC(CC3CCCCC3)CC2C1)C1CCC(c2ccccc2)CC1. The van der Waals surface area contributed by atoms with Crippen LogP contribution in [-0.2, 0) is 0 Å². The van der Waals surface area contributed by atoms with Crippen molar-refractivity contribution in [2.24, 2.45) is 47.3 Å². The molecule has 6 rings (SSSR count). The molecule has 1 aromatic rings. The highest BCUT2D eigenvalue weighted by Gasteiger charge is 2.44. The molecule has 0 heteroatoms. The maximum atomic E-state index is 4.74. The molecule has 0 aromatic heterocycles. The summed E-state index contributed by atoms with van der Waals surface area (Å²) in [6, 6.07) is 11.3. The Bertz CT molecular complexity index is 823. The minimum Gasteiger partial charge on any atom is -0.0996 e. The van der Waals surface area contributed by atoms with Gasteiger partial charge < -0.3 is 0 Å². The van der Waals surface area contributed by atoms with Crippen molar-refractivity contribution in [1.82, 2.24) is 0 Å². The fourth-order valence-electron chi connectivity index (χ4n) is 10.4. The normalized spacial score (nSPS) is 39.7. The van der Waals surface area contributed by atoms with Gasteiger partial charge in [0.25, 0.3) is 0 Å². The standard InChI is InChI=1S/C36H54/c1-26(29-17-19-31(20-18-29)30-11-6-3-7-12-30)21-33-13-8-14-36(33)35-24-32-16-15-28(23-34(32)25-35)22-27-9-4-2-5-10-27/h3,6-7,11-12,27-29,31-36H,1-2,4-5,8-10,13-25H2. The number of benzene rings is 1. The molecule has 5 aliphatic carbocycles. The summed E-state index contributed by atoms with van der Waals surface area (Å²) in [5, 5.41) is 0. The summed E-state index contributed by atoms with van der Waals surface area (Å²) in [5.74, 6) is 9.00. The predicted octanol–water partition coefficient (Wildman–Crippen LogP) is 10.7. The van der Waals surface area contributed by atoms with Crippen LogP contribution in [0.2, 0.25) is 0 Å². The largest absolute Gasteiger partial charge is 0.0996 e. The second-order valence-corrected chi connectivity index (χ2v) is 14.3.